The van der Waals surface area contributed by atoms with Gasteiger partial charge in [0.15, 0.2) is 0 Å². The van der Waals surface area contributed by atoms with Gasteiger partial charge in [-0.3, -0.25) is 0 Å². The van der Waals surface area contributed by atoms with E-state index in [2.05, 4.69) is 0 Å². The molecule has 0 saturated carbocycles. The molecule has 0 saturated heterocycles. The maximum Gasteiger partial charge on any atom is 0.409 e. The van der Waals surface area contributed by atoms with Gasteiger partial charge < -0.3 is 9.64 Å². The quantitative estimate of drug-likeness (QED) is 0.722. The van der Waals surface area contributed by atoms with Crippen LogP contribution in [0.4, 0.5) is 4.79 Å². The van der Waals surface area contributed by atoms with Crippen molar-refractivity contribution in [2.24, 2.45) is 0 Å². The molecular weight excluding hydrogens is 178 g/mol. The van der Waals surface area contributed by atoms with Crippen LogP contribution in [0.3, 0.4) is 0 Å². The Kier molecular flexibility index (Phi) is 3.51. The highest BCUT2D eigenvalue weighted by Gasteiger charge is 2.11. The van der Waals surface area contributed by atoms with Crippen molar-refractivity contribution in [3.63, 3.8) is 0 Å². The van der Waals surface area contributed by atoms with E-state index >= 15 is 0 Å². The van der Waals surface area contributed by atoms with Crippen LogP contribution in [0.2, 0.25) is 0 Å². The van der Waals surface area contributed by atoms with Crippen molar-refractivity contribution in [1.82, 2.24) is 4.90 Å². The fourth-order valence-corrected chi connectivity index (χ4v) is 1.05. The van der Waals surface area contributed by atoms with Crippen LogP contribution in [0.15, 0.2) is 30.3 Å². The van der Waals surface area contributed by atoms with Gasteiger partial charge in [-0.15, -0.1) is 0 Å². The Morgan fingerprint density at radius 1 is 1.29 bits per heavy atom. The molecule has 0 heterocycles. The smallest absolute Gasteiger partial charge is 0.409 e. The second-order valence-corrected chi connectivity index (χ2v) is 3.33. The molecule has 0 N–H and O–H groups in total. The molecule has 76 valence electrons. The number of nitrogens with zero attached hydrogens (tertiary/aromatic N) is 1. The van der Waals surface area contributed by atoms with Crippen molar-refractivity contribution in [1.29, 1.82) is 0 Å². The molecule has 3 heteroatoms. The second-order valence-electron chi connectivity index (χ2n) is 3.33. The Morgan fingerprint density at radius 3 is 2.36 bits per heavy atom. The van der Waals surface area contributed by atoms with Crippen LogP contribution in [0, 0.1) is 0 Å². The maximum atomic E-state index is 11.2. The van der Waals surface area contributed by atoms with Crippen molar-refractivity contribution < 1.29 is 9.53 Å². The first-order chi connectivity index (χ1) is 6.61. The number of ether oxygens (including phenoxy) is 1. The number of amides is 1. The average Bonchev–Trinajstić information content (AvgIpc) is 2.19. The lowest BCUT2D eigenvalue weighted by molar-refractivity contribution is 0.0826. The van der Waals surface area contributed by atoms with Crippen LogP contribution >= 0.6 is 0 Å². The standard InChI is InChI=1S/C11H15NO2/c1-9(14-11(13)12(2)3)10-7-5-4-6-8-10/h4-9H,1-3H3. The lowest BCUT2D eigenvalue weighted by Crippen LogP contribution is -2.23. The van der Waals surface area contributed by atoms with Gasteiger partial charge >= 0.3 is 6.09 Å². The minimum atomic E-state index is -0.318. The number of hydrogen-bond donors (Lipinski definition) is 0. The number of carbonyl (C=O) groups excluding carboxylic acids is 1. The molecule has 1 aromatic rings. The largest absolute Gasteiger partial charge is 0.442 e. The van der Waals surface area contributed by atoms with Crippen molar-refractivity contribution >= 4 is 6.09 Å². The summed E-state index contributed by atoms with van der Waals surface area (Å²) in [5.41, 5.74) is 1.00. The van der Waals surface area contributed by atoms with Gasteiger partial charge in [0.2, 0.25) is 0 Å². The maximum absolute atomic E-state index is 11.2. The molecule has 0 fully saturated rings. The Labute approximate surface area is 84.3 Å². The van der Waals surface area contributed by atoms with Gasteiger partial charge in [0.25, 0.3) is 0 Å². The Bertz CT molecular complexity index is 295. The van der Waals surface area contributed by atoms with Crippen LogP contribution in [-0.4, -0.2) is 25.1 Å². The van der Waals surface area contributed by atoms with E-state index in [-0.39, 0.29) is 12.2 Å². The van der Waals surface area contributed by atoms with Gasteiger partial charge in [-0.2, -0.15) is 0 Å². The normalized spacial score (nSPS) is 11.9. The molecule has 0 aliphatic carbocycles. The monoisotopic (exact) mass is 193 g/mol. The van der Waals surface area contributed by atoms with Crippen LogP contribution in [-0.2, 0) is 4.74 Å². The van der Waals surface area contributed by atoms with Gasteiger partial charge in [0.05, 0.1) is 0 Å². The van der Waals surface area contributed by atoms with Gasteiger partial charge in [-0.05, 0) is 12.5 Å². The molecular formula is C11H15NO2. The van der Waals surface area contributed by atoms with Crippen molar-refractivity contribution in [3.05, 3.63) is 35.9 Å². The highest BCUT2D eigenvalue weighted by molar-refractivity contribution is 5.67. The summed E-state index contributed by atoms with van der Waals surface area (Å²) in [6.45, 7) is 1.86. The summed E-state index contributed by atoms with van der Waals surface area (Å²) in [7, 11) is 3.33. The van der Waals surface area contributed by atoms with Gasteiger partial charge in [0, 0.05) is 14.1 Å². The zero-order valence-electron chi connectivity index (χ0n) is 8.73. The average molecular weight is 193 g/mol. The molecule has 1 atom stereocenters. The fraction of sp³-hybridized carbons (Fsp3) is 0.364. The predicted octanol–water partition coefficient (Wildman–Crippen LogP) is 2.45. The molecule has 0 spiro atoms. The Morgan fingerprint density at radius 2 is 1.86 bits per heavy atom. The second kappa shape index (κ2) is 4.65. The first-order valence-corrected chi connectivity index (χ1v) is 4.54. The summed E-state index contributed by atoms with van der Waals surface area (Å²) in [5.74, 6) is 0. The summed E-state index contributed by atoms with van der Waals surface area (Å²) < 4.78 is 5.18. The highest BCUT2D eigenvalue weighted by Crippen LogP contribution is 2.16. The molecule has 1 unspecified atom stereocenters. The lowest BCUT2D eigenvalue weighted by Gasteiger charge is -2.16. The first kappa shape index (κ1) is 10.6. The third-order valence-electron chi connectivity index (χ3n) is 1.91. The molecule has 0 aliphatic rings. The summed E-state index contributed by atoms with van der Waals surface area (Å²) in [4.78, 5) is 12.6. The van der Waals surface area contributed by atoms with Gasteiger partial charge in [-0.1, -0.05) is 30.3 Å². The lowest BCUT2D eigenvalue weighted by atomic mass is 10.1. The van der Waals surface area contributed by atoms with Gasteiger partial charge in [0.1, 0.15) is 6.10 Å². The molecule has 14 heavy (non-hydrogen) atoms. The number of carbonyl (C=O) groups is 1. The highest BCUT2D eigenvalue weighted by atomic mass is 16.6. The van der Waals surface area contributed by atoms with E-state index in [9.17, 15) is 4.79 Å². The summed E-state index contributed by atoms with van der Waals surface area (Å²) in [6.07, 6.45) is -0.521. The molecule has 1 rings (SSSR count). The van der Waals surface area contributed by atoms with E-state index in [1.165, 1.54) is 4.90 Å². The van der Waals surface area contributed by atoms with E-state index in [4.69, 9.17) is 4.74 Å². The number of rotatable bonds is 2. The van der Waals surface area contributed by atoms with Crippen molar-refractivity contribution in [2.75, 3.05) is 14.1 Å². The SMILES string of the molecule is CC(OC(=O)N(C)C)c1ccccc1. The van der Waals surface area contributed by atoms with E-state index < -0.39 is 0 Å². The first-order valence-electron chi connectivity index (χ1n) is 4.54. The Balaban J connectivity index is 2.59. The van der Waals surface area contributed by atoms with Gasteiger partial charge in [-0.25, -0.2) is 4.79 Å². The molecule has 1 aromatic carbocycles. The summed E-state index contributed by atoms with van der Waals surface area (Å²) >= 11 is 0. The van der Waals surface area contributed by atoms with E-state index in [0.29, 0.717) is 0 Å². The molecule has 0 aromatic heterocycles. The molecule has 0 bridgehead atoms. The van der Waals surface area contributed by atoms with E-state index in [0.717, 1.165) is 5.56 Å². The minimum Gasteiger partial charge on any atom is -0.442 e. The van der Waals surface area contributed by atoms with Crippen LogP contribution < -0.4 is 0 Å². The van der Waals surface area contributed by atoms with Crippen molar-refractivity contribution in [3.8, 4) is 0 Å². The topological polar surface area (TPSA) is 29.5 Å². The number of benzene rings is 1. The molecule has 1 amide bonds. The summed E-state index contributed by atoms with van der Waals surface area (Å²) in [6, 6.07) is 9.66. The van der Waals surface area contributed by atoms with Crippen LogP contribution in [0.1, 0.15) is 18.6 Å². The third-order valence-corrected chi connectivity index (χ3v) is 1.91. The fourth-order valence-electron chi connectivity index (χ4n) is 1.05. The zero-order valence-corrected chi connectivity index (χ0v) is 8.73. The minimum absolute atomic E-state index is 0.203. The zero-order chi connectivity index (χ0) is 10.6. The number of hydrogen-bond acceptors (Lipinski definition) is 2. The van der Waals surface area contributed by atoms with Crippen LogP contribution in [0.25, 0.3) is 0 Å². The summed E-state index contributed by atoms with van der Waals surface area (Å²) in [5, 5.41) is 0. The van der Waals surface area contributed by atoms with Crippen molar-refractivity contribution in [2.45, 2.75) is 13.0 Å². The van der Waals surface area contributed by atoms with Crippen LogP contribution in [0.5, 0.6) is 0 Å². The molecule has 0 aliphatic heterocycles. The third kappa shape index (κ3) is 2.76. The van der Waals surface area contributed by atoms with E-state index in [1.807, 2.05) is 37.3 Å². The van der Waals surface area contributed by atoms with E-state index in [1.54, 1.807) is 14.1 Å². The predicted molar refractivity (Wildman–Crippen MR) is 55.0 cm³/mol. The Hall–Kier alpha value is -1.51. The molecule has 3 nitrogen and oxygen atoms in total. The molecule has 0 radical (unpaired) electrons.